The quantitative estimate of drug-likeness (QED) is 0.736. The SMILES string of the molecule is Cn1ccnc1CCC1=CC(O)CC1. The van der Waals surface area contributed by atoms with Gasteiger partial charge in [-0.25, -0.2) is 4.98 Å². The van der Waals surface area contributed by atoms with Crippen molar-refractivity contribution in [2.75, 3.05) is 0 Å². The molecule has 0 bridgehead atoms. The van der Waals surface area contributed by atoms with Crippen LogP contribution in [0.4, 0.5) is 0 Å². The highest BCUT2D eigenvalue weighted by Gasteiger charge is 2.12. The molecule has 2 rings (SSSR count). The van der Waals surface area contributed by atoms with Crippen LogP contribution >= 0.6 is 0 Å². The van der Waals surface area contributed by atoms with Crippen LogP contribution < -0.4 is 0 Å². The number of aryl methyl sites for hydroxylation is 2. The number of imidazole rings is 1. The first kappa shape index (κ1) is 9.46. The van der Waals surface area contributed by atoms with Crippen molar-refractivity contribution in [2.45, 2.75) is 31.8 Å². The second-order valence-corrected chi connectivity index (χ2v) is 3.89. The molecule has 14 heavy (non-hydrogen) atoms. The molecule has 0 aliphatic heterocycles. The number of hydrogen-bond acceptors (Lipinski definition) is 2. The van der Waals surface area contributed by atoms with Gasteiger partial charge in [-0.2, -0.15) is 0 Å². The number of allylic oxidation sites excluding steroid dienone is 1. The zero-order valence-corrected chi connectivity index (χ0v) is 8.48. The van der Waals surface area contributed by atoms with Crippen molar-refractivity contribution in [3.05, 3.63) is 29.9 Å². The Kier molecular flexibility index (Phi) is 2.68. The van der Waals surface area contributed by atoms with Gasteiger partial charge in [-0.15, -0.1) is 0 Å². The van der Waals surface area contributed by atoms with E-state index in [1.807, 2.05) is 30.1 Å². The van der Waals surface area contributed by atoms with Crippen molar-refractivity contribution >= 4 is 0 Å². The fourth-order valence-electron chi connectivity index (χ4n) is 1.89. The lowest BCUT2D eigenvalue weighted by atomic mass is 10.1. The molecule has 3 heteroatoms. The molecular formula is C11H16N2O. The van der Waals surface area contributed by atoms with Crippen molar-refractivity contribution in [1.29, 1.82) is 0 Å². The molecular weight excluding hydrogens is 176 g/mol. The van der Waals surface area contributed by atoms with E-state index in [-0.39, 0.29) is 6.10 Å². The van der Waals surface area contributed by atoms with Crippen molar-refractivity contribution in [2.24, 2.45) is 7.05 Å². The predicted octanol–water partition coefficient (Wildman–Crippen LogP) is 1.43. The monoisotopic (exact) mass is 192 g/mol. The first-order chi connectivity index (χ1) is 6.75. The molecule has 1 heterocycles. The lowest BCUT2D eigenvalue weighted by Gasteiger charge is -2.02. The summed E-state index contributed by atoms with van der Waals surface area (Å²) >= 11 is 0. The molecule has 1 aliphatic rings. The summed E-state index contributed by atoms with van der Waals surface area (Å²) in [5.41, 5.74) is 1.38. The predicted molar refractivity (Wildman–Crippen MR) is 54.9 cm³/mol. The minimum absolute atomic E-state index is 0.202. The number of nitrogens with zero attached hydrogens (tertiary/aromatic N) is 2. The topological polar surface area (TPSA) is 38.0 Å². The van der Waals surface area contributed by atoms with E-state index in [9.17, 15) is 5.11 Å². The molecule has 1 aromatic rings. The summed E-state index contributed by atoms with van der Waals surface area (Å²) in [5.74, 6) is 1.12. The van der Waals surface area contributed by atoms with Crippen molar-refractivity contribution in [1.82, 2.24) is 9.55 Å². The van der Waals surface area contributed by atoms with E-state index in [0.29, 0.717) is 0 Å². The van der Waals surface area contributed by atoms with Crippen molar-refractivity contribution < 1.29 is 5.11 Å². The van der Waals surface area contributed by atoms with E-state index in [1.54, 1.807) is 0 Å². The average Bonchev–Trinajstić information content (AvgIpc) is 2.72. The number of hydrogen-bond donors (Lipinski definition) is 1. The van der Waals surface area contributed by atoms with Gasteiger partial charge < -0.3 is 9.67 Å². The Labute approximate surface area is 84.1 Å². The fourth-order valence-corrected chi connectivity index (χ4v) is 1.89. The number of aliphatic hydroxyl groups excluding tert-OH is 1. The molecule has 76 valence electrons. The molecule has 1 N–H and O–H groups in total. The molecule has 0 saturated heterocycles. The van der Waals surface area contributed by atoms with Crippen molar-refractivity contribution in [3.63, 3.8) is 0 Å². The zero-order chi connectivity index (χ0) is 9.97. The van der Waals surface area contributed by atoms with Gasteiger partial charge in [0.2, 0.25) is 0 Å². The second-order valence-electron chi connectivity index (χ2n) is 3.89. The highest BCUT2D eigenvalue weighted by Crippen LogP contribution is 2.22. The standard InChI is InChI=1S/C11H16N2O/c1-13-7-6-12-11(13)5-3-9-2-4-10(14)8-9/h6-8,10,14H,2-5H2,1H3. The van der Waals surface area contributed by atoms with E-state index in [2.05, 4.69) is 4.98 Å². The summed E-state index contributed by atoms with van der Waals surface area (Å²) < 4.78 is 2.05. The lowest BCUT2D eigenvalue weighted by molar-refractivity contribution is 0.223. The summed E-state index contributed by atoms with van der Waals surface area (Å²) in [6, 6.07) is 0. The Morgan fingerprint density at radius 3 is 3.00 bits per heavy atom. The molecule has 1 aromatic heterocycles. The van der Waals surface area contributed by atoms with Gasteiger partial charge in [0.25, 0.3) is 0 Å². The smallest absolute Gasteiger partial charge is 0.108 e. The average molecular weight is 192 g/mol. The van der Waals surface area contributed by atoms with E-state index in [0.717, 1.165) is 31.5 Å². The summed E-state index contributed by atoms with van der Waals surface area (Å²) in [5, 5.41) is 9.31. The molecule has 1 unspecified atom stereocenters. The summed E-state index contributed by atoms with van der Waals surface area (Å²) in [6.07, 6.45) is 9.53. The Bertz CT molecular complexity index is 341. The summed E-state index contributed by atoms with van der Waals surface area (Å²) in [4.78, 5) is 4.27. The maximum atomic E-state index is 9.31. The molecule has 3 nitrogen and oxygen atoms in total. The maximum Gasteiger partial charge on any atom is 0.108 e. The molecule has 0 amide bonds. The summed E-state index contributed by atoms with van der Waals surface area (Å²) in [6.45, 7) is 0. The third-order valence-corrected chi connectivity index (χ3v) is 2.78. The van der Waals surface area contributed by atoms with Crippen LogP contribution in [0.1, 0.15) is 25.1 Å². The van der Waals surface area contributed by atoms with Crippen LogP contribution in [-0.2, 0) is 13.5 Å². The Morgan fingerprint density at radius 2 is 2.43 bits per heavy atom. The second kappa shape index (κ2) is 3.96. The molecule has 1 atom stereocenters. The molecule has 0 fully saturated rings. The van der Waals surface area contributed by atoms with Crippen LogP contribution in [0.2, 0.25) is 0 Å². The highest BCUT2D eigenvalue weighted by molar-refractivity contribution is 5.13. The van der Waals surface area contributed by atoms with Crippen molar-refractivity contribution in [3.8, 4) is 0 Å². The summed E-state index contributed by atoms with van der Waals surface area (Å²) in [7, 11) is 2.01. The van der Waals surface area contributed by atoms with E-state index in [1.165, 1.54) is 5.57 Å². The zero-order valence-electron chi connectivity index (χ0n) is 8.48. The van der Waals surface area contributed by atoms with Crippen LogP contribution in [0.3, 0.4) is 0 Å². The number of rotatable bonds is 3. The number of aromatic nitrogens is 2. The van der Waals surface area contributed by atoms with E-state index >= 15 is 0 Å². The minimum Gasteiger partial charge on any atom is -0.389 e. The number of aliphatic hydroxyl groups is 1. The normalized spacial score (nSPS) is 21.3. The van der Waals surface area contributed by atoms with E-state index in [4.69, 9.17) is 0 Å². The van der Waals surface area contributed by atoms with Gasteiger partial charge in [0.15, 0.2) is 0 Å². The van der Waals surface area contributed by atoms with Crippen LogP contribution in [0.15, 0.2) is 24.0 Å². The Morgan fingerprint density at radius 1 is 1.57 bits per heavy atom. The largest absolute Gasteiger partial charge is 0.389 e. The fraction of sp³-hybridized carbons (Fsp3) is 0.545. The molecule has 0 spiro atoms. The first-order valence-corrected chi connectivity index (χ1v) is 5.09. The van der Waals surface area contributed by atoms with E-state index < -0.39 is 0 Å². The van der Waals surface area contributed by atoms with Gasteiger partial charge in [0.05, 0.1) is 6.10 Å². The third kappa shape index (κ3) is 2.04. The van der Waals surface area contributed by atoms with Gasteiger partial charge in [-0.05, 0) is 19.3 Å². The van der Waals surface area contributed by atoms with Gasteiger partial charge in [0, 0.05) is 25.9 Å². The highest BCUT2D eigenvalue weighted by atomic mass is 16.3. The maximum absolute atomic E-state index is 9.31. The van der Waals surface area contributed by atoms with Gasteiger partial charge in [0.1, 0.15) is 5.82 Å². The lowest BCUT2D eigenvalue weighted by Crippen LogP contribution is -1.97. The molecule has 0 saturated carbocycles. The van der Waals surface area contributed by atoms with Crippen LogP contribution in [0.25, 0.3) is 0 Å². The first-order valence-electron chi connectivity index (χ1n) is 5.09. The molecule has 1 aliphatic carbocycles. The van der Waals surface area contributed by atoms with Gasteiger partial charge in [-0.3, -0.25) is 0 Å². The third-order valence-electron chi connectivity index (χ3n) is 2.78. The Balaban J connectivity index is 1.89. The van der Waals surface area contributed by atoms with Crippen LogP contribution in [0.5, 0.6) is 0 Å². The molecule has 0 radical (unpaired) electrons. The molecule has 0 aromatic carbocycles. The van der Waals surface area contributed by atoms with Crippen LogP contribution in [0, 0.1) is 0 Å². The van der Waals surface area contributed by atoms with Gasteiger partial charge >= 0.3 is 0 Å². The minimum atomic E-state index is -0.202. The van der Waals surface area contributed by atoms with Gasteiger partial charge in [-0.1, -0.05) is 11.6 Å². The Hall–Kier alpha value is -1.09. The van der Waals surface area contributed by atoms with Crippen LogP contribution in [-0.4, -0.2) is 20.8 Å².